The molecule has 2 aromatic rings. The Balaban J connectivity index is 1.37. The monoisotopic (exact) mass is 303 g/mol. The second-order valence-electron chi connectivity index (χ2n) is 5.59. The number of hydrogen-bond donors (Lipinski definition) is 2. The van der Waals surface area contributed by atoms with Crippen LogP contribution >= 0.6 is 11.3 Å². The van der Waals surface area contributed by atoms with E-state index in [1.54, 1.807) is 10.9 Å². The van der Waals surface area contributed by atoms with Gasteiger partial charge < -0.3 is 10.6 Å². The van der Waals surface area contributed by atoms with E-state index in [0.717, 1.165) is 13.1 Å². The molecular weight excluding hydrogens is 286 g/mol. The van der Waals surface area contributed by atoms with Crippen molar-refractivity contribution in [3.05, 3.63) is 33.3 Å². The molecule has 1 saturated heterocycles. The van der Waals surface area contributed by atoms with E-state index in [2.05, 4.69) is 27.0 Å². The summed E-state index contributed by atoms with van der Waals surface area (Å²) < 4.78 is 1.77. The van der Waals surface area contributed by atoms with Crippen LogP contribution in [0.4, 0.5) is 0 Å². The molecule has 1 amide bonds. The first-order chi connectivity index (χ1) is 10.3. The molecule has 4 rings (SSSR count). The normalized spacial score (nSPS) is 17.5. The summed E-state index contributed by atoms with van der Waals surface area (Å²) in [5.74, 6) is -0.151. The van der Waals surface area contributed by atoms with Crippen molar-refractivity contribution in [2.75, 3.05) is 13.1 Å². The Morgan fingerprint density at radius 1 is 1.48 bits per heavy atom. The third-order valence-electron chi connectivity index (χ3n) is 4.10. The molecule has 1 aliphatic heterocycles. The lowest BCUT2D eigenvalue weighted by Crippen LogP contribution is -2.43. The van der Waals surface area contributed by atoms with Gasteiger partial charge in [0.05, 0.1) is 18.8 Å². The maximum atomic E-state index is 12.1. The third-order valence-corrected chi connectivity index (χ3v) is 5.33. The maximum absolute atomic E-state index is 12.1. The molecule has 2 aromatic heterocycles. The van der Waals surface area contributed by atoms with Crippen molar-refractivity contribution < 1.29 is 4.79 Å². The Morgan fingerprint density at radius 2 is 2.38 bits per heavy atom. The zero-order valence-electron chi connectivity index (χ0n) is 11.6. The van der Waals surface area contributed by atoms with Gasteiger partial charge >= 0.3 is 0 Å². The minimum absolute atomic E-state index is 0.151. The van der Waals surface area contributed by atoms with Crippen LogP contribution in [0, 0.1) is 0 Å². The van der Waals surface area contributed by atoms with Gasteiger partial charge in [-0.25, -0.2) is 4.68 Å². The van der Waals surface area contributed by atoms with Crippen molar-refractivity contribution >= 4 is 17.2 Å². The van der Waals surface area contributed by atoms with Gasteiger partial charge in [0.1, 0.15) is 0 Å². The number of aromatic nitrogens is 3. The molecule has 3 heterocycles. The van der Waals surface area contributed by atoms with Crippen LogP contribution in [0.3, 0.4) is 0 Å². The first-order valence-electron chi connectivity index (χ1n) is 7.31. The molecule has 2 aliphatic rings. The van der Waals surface area contributed by atoms with Crippen LogP contribution < -0.4 is 10.6 Å². The number of thiophene rings is 1. The maximum Gasteiger partial charge on any atom is 0.273 e. The predicted molar refractivity (Wildman–Crippen MR) is 79.4 cm³/mol. The molecule has 0 atom stereocenters. The molecule has 7 heteroatoms. The molecule has 0 radical (unpaired) electrons. The minimum Gasteiger partial charge on any atom is -0.346 e. The fraction of sp³-hybridized carbons (Fsp3) is 0.500. The highest BCUT2D eigenvalue weighted by Gasteiger charge is 2.22. The molecule has 1 fully saturated rings. The van der Waals surface area contributed by atoms with Gasteiger partial charge in [0.2, 0.25) is 0 Å². The average Bonchev–Trinajstić information content (AvgIpc) is 3.08. The van der Waals surface area contributed by atoms with Gasteiger partial charge in [0, 0.05) is 22.8 Å². The summed E-state index contributed by atoms with van der Waals surface area (Å²) >= 11 is 1.82. The number of carbonyl (C=O) groups excluding carboxylic acids is 1. The van der Waals surface area contributed by atoms with Crippen LogP contribution in [0.2, 0.25) is 0 Å². The van der Waals surface area contributed by atoms with Crippen molar-refractivity contribution in [2.45, 2.75) is 31.8 Å². The van der Waals surface area contributed by atoms with Crippen molar-refractivity contribution in [2.24, 2.45) is 0 Å². The average molecular weight is 303 g/mol. The van der Waals surface area contributed by atoms with Gasteiger partial charge in [-0.3, -0.25) is 4.79 Å². The highest BCUT2D eigenvalue weighted by atomic mass is 32.1. The van der Waals surface area contributed by atoms with Gasteiger partial charge in [0.15, 0.2) is 5.69 Å². The zero-order chi connectivity index (χ0) is 14.2. The number of nitrogens with zero attached hydrogens (tertiary/aromatic N) is 3. The summed E-state index contributed by atoms with van der Waals surface area (Å²) in [5.41, 5.74) is 1.86. The largest absolute Gasteiger partial charge is 0.346 e. The minimum atomic E-state index is -0.151. The smallest absolute Gasteiger partial charge is 0.273 e. The Kier molecular flexibility index (Phi) is 3.23. The summed E-state index contributed by atoms with van der Waals surface area (Å²) in [6.07, 6.45) is 5.38. The molecule has 21 heavy (non-hydrogen) atoms. The first-order valence-corrected chi connectivity index (χ1v) is 8.12. The molecule has 6 nitrogen and oxygen atoms in total. The van der Waals surface area contributed by atoms with Gasteiger partial charge in [-0.1, -0.05) is 5.21 Å². The molecule has 1 aliphatic carbocycles. The van der Waals surface area contributed by atoms with Gasteiger partial charge in [-0.15, -0.1) is 16.4 Å². The van der Waals surface area contributed by atoms with E-state index in [4.69, 9.17) is 0 Å². The SMILES string of the molecule is O=C(NCc1cc2c(s1)CCC2)c1cn(C2CNC2)nn1. The van der Waals surface area contributed by atoms with E-state index >= 15 is 0 Å². The first kappa shape index (κ1) is 13.0. The Hall–Kier alpha value is -1.73. The second kappa shape index (κ2) is 5.23. The van der Waals surface area contributed by atoms with E-state index in [1.807, 2.05) is 11.3 Å². The van der Waals surface area contributed by atoms with Crippen LogP contribution in [0.15, 0.2) is 12.3 Å². The number of aryl methyl sites for hydroxylation is 2. The van der Waals surface area contributed by atoms with Crippen LogP contribution in [0.1, 0.15) is 38.3 Å². The fourth-order valence-electron chi connectivity index (χ4n) is 2.76. The van der Waals surface area contributed by atoms with Gasteiger partial charge in [-0.05, 0) is 30.9 Å². The molecule has 0 unspecified atom stereocenters. The van der Waals surface area contributed by atoms with Crippen molar-refractivity contribution in [3.8, 4) is 0 Å². The Morgan fingerprint density at radius 3 is 3.14 bits per heavy atom. The van der Waals surface area contributed by atoms with E-state index in [1.165, 1.54) is 34.6 Å². The van der Waals surface area contributed by atoms with E-state index in [-0.39, 0.29) is 5.91 Å². The number of amides is 1. The zero-order valence-corrected chi connectivity index (χ0v) is 12.4. The van der Waals surface area contributed by atoms with Crippen molar-refractivity contribution in [3.63, 3.8) is 0 Å². The summed E-state index contributed by atoms with van der Waals surface area (Å²) in [6.45, 7) is 2.37. The number of fused-ring (bicyclic) bond motifs is 1. The van der Waals surface area contributed by atoms with Crippen molar-refractivity contribution in [1.82, 2.24) is 25.6 Å². The number of hydrogen-bond acceptors (Lipinski definition) is 5. The van der Waals surface area contributed by atoms with Crippen LogP contribution in [-0.4, -0.2) is 34.0 Å². The molecule has 0 saturated carbocycles. The molecule has 2 N–H and O–H groups in total. The summed E-state index contributed by atoms with van der Waals surface area (Å²) in [7, 11) is 0. The van der Waals surface area contributed by atoms with Crippen LogP contribution in [0.25, 0.3) is 0 Å². The van der Waals surface area contributed by atoms with Crippen LogP contribution in [-0.2, 0) is 19.4 Å². The van der Waals surface area contributed by atoms with Crippen molar-refractivity contribution in [1.29, 1.82) is 0 Å². The lowest BCUT2D eigenvalue weighted by molar-refractivity contribution is 0.0946. The molecule has 0 bridgehead atoms. The number of carbonyl (C=O) groups is 1. The highest BCUT2D eigenvalue weighted by Crippen LogP contribution is 2.30. The second-order valence-corrected chi connectivity index (χ2v) is 6.81. The van der Waals surface area contributed by atoms with Gasteiger partial charge in [-0.2, -0.15) is 0 Å². The molecule has 0 spiro atoms. The molecule has 110 valence electrons. The standard InChI is InChI=1S/C14H17N5OS/c20-14(12-8-19(18-17-12)10-5-15-6-10)16-7-11-4-9-2-1-3-13(9)21-11/h4,8,10,15H,1-3,5-7H2,(H,16,20). The summed E-state index contributed by atoms with van der Waals surface area (Å²) in [6, 6.07) is 2.56. The quantitative estimate of drug-likeness (QED) is 0.880. The predicted octanol–water partition coefficient (Wildman–Crippen LogP) is 0.903. The molecule has 0 aromatic carbocycles. The topological polar surface area (TPSA) is 71.8 Å². The third kappa shape index (κ3) is 2.47. The Labute approximate surface area is 126 Å². The van der Waals surface area contributed by atoms with E-state index in [9.17, 15) is 4.79 Å². The number of rotatable bonds is 4. The lowest BCUT2D eigenvalue weighted by Gasteiger charge is -2.26. The van der Waals surface area contributed by atoms with Crippen LogP contribution in [0.5, 0.6) is 0 Å². The molecular formula is C14H17N5OS. The Bertz CT molecular complexity index is 651. The van der Waals surface area contributed by atoms with E-state index in [0.29, 0.717) is 18.3 Å². The highest BCUT2D eigenvalue weighted by molar-refractivity contribution is 7.12. The van der Waals surface area contributed by atoms with Gasteiger partial charge in [0.25, 0.3) is 5.91 Å². The summed E-state index contributed by atoms with van der Waals surface area (Å²) in [4.78, 5) is 14.8. The number of nitrogens with one attached hydrogen (secondary N) is 2. The lowest BCUT2D eigenvalue weighted by atomic mass is 10.2. The summed E-state index contributed by atoms with van der Waals surface area (Å²) in [5, 5.41) is 14.1. The fourth-order valence-corrected chi connectivity index (χ4v) is 3.96. The van der Waals surface area contributed by atoms with E-state index < -0.39 is 0 Å².